The molecule has 2 aliphatic carbocycles. The van der Waals surface area contributed by atoms with Crippen LogP contribution in [-0.4, -0.2) is 34.5 Å². The summed E-state index contributed by atoms with van der Waals surface area (Å²) < 4.78 is 0. The third kappa shape index (κ3) is 3.89. The van der Waals surface area contributed by atoms with Gasteiger partial charge in [0.2, 0.25) is 5.91 Å². The number of rotatable bonds is 6. The Bertz CT molecular complexity index is 1030. The second kappa shape index (κ2) is 8.40. The van der Waals surface area contributed by atoms with E-state index in [4.69, 9.17) is 5.73 Å². The number of carbonyl (C=O) groups excluding carboxylic acids is 1. The van der Waals surface area contributed by atoms with E-state index in [0.29, 0.717) is 24.6 Å². The van der Waals surface area contributed by atoms with Crippen LogP contribution in [0.3, 0.4) is 0 Å². The van der Waals surface area contributed by atoms with Crippen LogP contribution >= 0.6 is 0 Å². The molecule has 2 aromatic rings. The number of carbonyl (C=O) groups is 1. The molecule has 1 aliphatic heterocycles. The summed E-state index contributed by atoms with van der Waals surface area (Å²) in [6.07, 6.45) is 10.6. The summed E-state index contributed by atoms with van der Waals surface area (Å²) >= 11 is 0. The molecule has 3 aliphatic rings. The SMILES string of the molecule is N#C[C@@]1(C2CC2)CCN(c2ccnc(Nc3ccc(N[C@H]4CCCC[C@@H]4N)cn3)c2)C1=O. The van der Waals surface area contributed by atoms with Crippen molar-refractivity contribution in [3.8, 4) is 6.07 Å². The van der Waals surface area contributed by atoms with E-state index in [-0.39, 0.29) is 23.9 Å². The molecule has 8 heteroatoms. The van der Waals surface area contributed by atoms with Crippen LogP contribution in [0.5, 0.6) is 0 Å². The van der Waals surface area contributed by atoms with Crippen LogP contribution in [0.1, 0.15) is 44.9 Å². The number of hydrogen-bond donors (Lipinski definition) is 3. The molecule has 0 spiro atoms. The average molecular weight is 432 g/mol. The normalized spacial score (nSPS) is 27.8. The van der Waals surface area contributed by atoms with Crippen LogP contribution in [0.25, 0.3) is 0 Å². The molecule has 0 radical (unpaired) electrons. The predicted molar refractivity (Wildman–Crippen MR) is 123 cm³/mol. The molecule has 3 heterocycles. The maximum absolute atomic E-state index is 13.1. The second-order valence-corrected chi connectivity index (χ2v) is 9.22. The highest BCUT2D eigenvalue weighted by Gasteiger charge is 2.56. The maximum atomic E-state index is 13.1. The minimum absolute atomic E-state index is 0.0749. The van der Waals surface area contributed by atoms with Gasteiger partial charge in [0, 0.05) is 36.6 Å². The van der Waals surface area contributed by atoms with Crippen LogP contribution in [0.4, 0.5) is 23.0 Å². The number of nitriles is 1. The van der Waals surface area contributed by atoms with Gasteiger partial charge in [0.05, 0.1) is 18.0 Å². The first kappa shape index (κ1) is 20.7. The van der Waals surface area contributed by atoms with Gasteiger partial charge in [0.1, 0.15) is 17.1 Å². The summed E-state index contributed by atoms with van der Waals surface area (Å²) in [5.74, 6) is 1.42. The van der Waals surface area contributed by atoms with Crippen molar-refractivity contribution in [3.63, 3.8) is 0 Å². The minimum atomic E-state index is -0.845. The van der Waals surface area contributed by atoms with Crippen LogP contribution < -0.4 is 21.3 Å². The summed E-state index contributed by atoms with van der Waals surface area (Å²) in [5.41, 5.74) is 7.10. The fourth-order valence-electron chi connectivity index (χ4n) is 5.03. The Morgan fingerprint density at radius 2 is 1.97 bits per heavy atom. The van der Waals surface area contributed by atoms with E-state index in [1.165, 1.54) is 12.8 Å². The van der Waals surface area contributed by atoms with Crippen molar-refractivity contribution in [2.24, 2.45) is 17.1 Å². The molecule has 3 atom stereocenters. The molecule has 2 saturated carbocycles. The Kier molecular flexibility index (Phi) is 5.43. The summed E-state index contributed by atoms with van der Waals surface area (Å²) in [7, 11) is 0. The third-order valence-corrected chi connectivity index (χ3v) is 7.08. The first-order chi connectivity index (χ1) is 15.6. The summed E-state index contributed by atoms with van der Waals surface area (Å²) in [6, 6.07) is 10.4. The zero-order valence-corrected chi connectivity index (χ0v) is 18.1. The Balaban J connectivity index is 1.25. The zero-order chi connectivity index (χ0) is 22.1. The molecule has 32 heavy (non-hydrogen) atoms. The quantitative estimate of drug-likeness (QED) is 0.639. The van der Waals surface area contributed by atoms with Crippen molar-refractivity contribution in [2.75, 3.05) is 22.1 Å². The van der Waals surface area contributed by atoms with Crippen molar-refractivity contribution in [1.29, 1.82) is 5.26 Å². The number of nitrogens with two attached hydrogens (primary N) is 1. The molecule has 4 N–H and O–H groups in total. The van der Waals surface area contributed by atoms with Crippen LogP contribution in [0.2, 0.25) is 0 Å². The highest BCUT2D eigenvalue weighted by molar-refractivity contribution is 6.02. The van der Waals surface area contributed by atoms with E-state index in [1.807, 2.05) is 24.3 Å². The van der Waals surface area contributed by atoms with Gasteiger partial charge in [-0.3, -0.25) is 4.79 Å². The highest BCUT2D eigenvalue weighted by Crippen LogP contribution is 2.51. The Morgan fingerprint density at radius 3 is 2.69 bits per heavy atom. The molecule has 1 amide bonds. The van der Waals surface area contributed by atoms with Crippen LogP contribution in [0, 0.1) is 22.7 Å². The van der Waals surface area contributed by atoms with E-state index in [1.54, 1.807) is 17.3 Å². The molecule has 3 fully saturated rings. The first-order valence-corrected chi connectivity index (χ1v) is 11.5. The molecule has 2 aromatic heterocycles. The van der Waals surface area contributed by atoms with E-state index >= 15 is 0 Å². The van der Waals surface area contributed by atoms with Gasteiger partial charge in [0.15, 0.2) is 0 Å². The average Bonchev–Trinajstić information content (AvgIpc) is 3.61. The summed E-state index contributed by atoms with van der Waals surface area (Å²) in [6.45, 7) is 0.564. The van der Waals surface area contributed by atoms with Gasteiger partial charge in [-0.15, -0.1) is 0 Å². The lowest BCUT2D eigenvalue weighted by molar-refractivity contribution is -0.123. The molecule has 0 aromatic carbocycles. The molecule has 1 saturated heterocycles. The number of nitrogens with zero attached hydrogens (tertiary/aromatic N) is 4. The second-order valence-electron chi connectivity index (χ2n) is 9.22. The lowest BCUT2D eigenvalue weighted by Gasteiger charge is -2.30. The molecule has 0 bridgehead atoms. The van der Waals surface area contributed by atoms with Crippen molar-refractivity contribution in [3.05, 3.63) is 36.7 Å². The van der Waals surface area contributed by atoms with Crippen molar-refractivity contribution in [1.82, 2.24) is 9.97 Å². The van der Waals surface area contributed by atoms with Crippen LogP contribution in [-0.2, 0) is 4.79 Å². The van der Waals surface area contributed by atoms with Crippen molar-refractivity contribution < 1.29 is 4.79 Å². The maximum Gasteiger partial charge on any atom is 0.247 e. The van der Waals surface area contributed by atoms with Gasteiger partial charge in [-0.25, -0.2) is 9.97 Å². The van der Waals surface area contributed by atoms with E-state index < -0.39 is 5.41 Å². The zero-order valence-electron chi connectivity index (χ0n) is 18.1. The minimum Gasteiger partial charge on any atom is -0.380 e. The van der Waals surface area contributed by atoms with Gasteiger partial charge in [-0.1, -0.05) is 12.8 Å². The topological polar surface area (TPSA) is 120 Å². The fourth-order valence-corrected chi connectivity index (χ4v) is 5.03. The number of hydrogen-bond acceptors (Lipinski definition) is 7. The van der Waals surface area contributed by atoms with Gasteiger partial charge in [-0.05, 0) is 56.2 Å². The lowest BCUT2D eigenvalue weighted by Crippen LogP contribution is -2.42. The van der Waals surface area contributed by atoms with E-state index in [2.05, 4.69) is 26.7 Å². The summed E-state index contributed by atoms with van der Waals surface area (Å²) in [5, 5.41) is 16.4. The smallest absolute Gasteiger partial charge is 0.247 e. The van der Waals surface area contributed by atoms with Gasteiger partial charge < -0.3 is 21.3 Å². The highest BCUT2D eigenvalue weighted by atomic mass is 16.2. The largest absolute Gasteiger partial charge is 0.380 e. The predicted octanol–water partition coefficient (Wildman–Crippen LogP) is 3.56. The number of aromatic nitrogens is 2. The number of anilines is 4. The monoisotopic (exact) mass is 431 g/mol. The molecule has 0 unspecified atom stereocenters. The van der Waals surface area contributed by atoms with E-state index in [0.717, 1.165) is 37.1 Å². The Labute approximate surface area is 188 Å². The van der Waals surface area contributed by atoms with Gasteiger partial charge in [-0.2, -0.15) is 5.26 Å². The Morgan fingerprint density at radius 1 is 1.12 bits per heavy atom. The summed E-state index contributed by atoms with van der Waals surface area (Å²) in [4.78, 5) is 23.7. The molecular formula is C24H29N7O. The third-order valence-electron chi connectivity index (χ3n) is 7.08. The Hall–Kier alpha value is -3.18. The molecule has 8 nitrogen and oxygen atoms in total. The molecular weight excluding hydrogens is 402 g/mol. The molecule has 166 valence electrons. The lowest BCUT2D eigenvalue weighted by atomic mass is 9.83. The van der Waals surface area contributed by atoms with E-state index in [9.17, 15) is 10.1 Å². The number of pyridine rings is 2. The number of nitrogens with one attached hydrogen (secondary N) is 2. The number of amides is 1. The van der Waals surface area contributed by atoms with Crippen molar-refractivity contribution >= 4 is 28.9 Å². The first-order valence-electron chi connectivity index (χ1n) is 11.5. The standard InChI is InChI=1S/C24H29N7O/c25-15-24(16-5-6-16)10-12-31(23(24)32)18-9-11-27-22(13-18)30-21-8-7-17(14-28-21)29-20-4-2-1-3-19(20)26/h7-9,11,13-14,16,19-20,29H,1-6,10,12,26H2,(H,27,28,30)/t19-,20-,24+/m0/s1. The van der Waals surface area contributed by atoms with Crippen LogP contribution in [0.15, 0.2) is 36.7 Å². The van der Waals surface area contributed by atoms with Crippen molar-refractivity contribution in [2.45, 2.75) is 57.0 Å². The molecule has 5 rings (SSSR count). The van der Waals surface area contributed by atoms with Gasteiger partial charge in [0.25, 0.3) is 0 Å². The van der Waals surface area contributed by atoms with Gasteiger partial charge >= 0.3 is 0 Å². The fraction of sp³-hybridized carbons (Fsp3) is 0.500.